The van der Waals surface area contributed by atoms with Gasteiger partial charge in [-0.15, -0.1) is 0 Å². The van der Waals surface area contributed by atoms with E-state index in [2.05, 4.69) is 21.2 Å². The molecule has 0 unspecified atom stereocenters. The third kappa shape index (κ3) is 4.84. The molecular weight excluding hydrogens is 466 g/mol. The van der Waals surface area contributed by atoms with E-state index in [0.717, 1.165) is 32.5 Å². The van der Waals surface area contributed by atoms with Gasteiger partial charge in [-0.1, -0.05) is 70.5 Å². The monoisotopic (exact) mass is 487 g/mol. The van der Waals surface area contributed by atoms with Crippen LogP contribution in [0, 0.1) is 0 Å². The zero-order chi connectivity index (χ0) is 22.5. The first-order valence-corrected chi connectivity index (χ1v) is 10.9. The summed E-state index contributed by atoms with van der Waals surface area (Å²) in [6.07, 6.45) is 0. The molecule has 1 amide bonds. The molecule has 4 nitrogen and oxygen atoms in total. The molecule has 0 aliphatic carbocycles. The summed E-state index contributed by atoms with van der Waals surface area (Å²) < 4.78 is 6.19. The van der Waals surface area contributed by atoms with Crippen LogP contribution in [0.5, 0.6) is 11.5 Å². The van der Waals surface area contributed by atoms with E-state index in [0.29, 0.717) is 12.1 Å². The van der Waals surface area contributed by atoms with E-state index >= 15 is 0 Å². The molecule has 32 heavy (non-hydrogen) atoms. The summed E-state index contributed by atoms with van der Waals surface area (Å²) in [6.45, 7) is 0.374. The molecule has 0 radical (unpaired) electrons. The lowest BCUT2D eigenvalue weighted by atomic mass is 9.94. The summed E-state index contributed by atoms with van der Waals surface area (Å²) in [5.41, 5.74) is 4.37. The Bertz CT molecular complexity index is 1220. The summed E-state index contributed by atoms with van der Waals surface area (Å²) in [7, 11) is 1.62. The minimum atomic E-state index is -0.333. The zero-order valence-electron chi connectivity index (χ0n) is 17.5. The quantitative estimate of drug-likeness (QED) is 0.329. The average Bonchev–Trinajstić information content (AvgIpc) is 2.84. The van der Waals surface area contributed by atoms with Crippen molar-refractivity contribution >= 4 is 21.8 Å². The normalized spacial score (nSPS) is 10.6. The maximum Gasteiger partial charge on any atom is 0.255 e. The van der Waals surface area contributed by atoms with E-state index in [1.165, 1.54) is 0 Å². The van der Waals surface area contributed by atoms with Crippen LogP contribution in [0.1, 0.15) is 15.9 Å². The summed E-state index contributed by atoms with van der Waals surface area (Å²) in [5, 5.41) is 14.0. The molecule has 0 bridgehead atoms. The van der Waals surface area contributed by atoms with Gasteiger partial charge in [-0.25, -0.2) is 0 Å². The summed E-state index contributed by atoms with van der Waals surface area (Å²) >= 11 is 3.44. The van der Waals surface area contributed by atoms with Crippen LogP contribution in [0.25, 0.3) is 22.3 Å². The molecular formula is C27H22BrNO3. The first-order valence-electron chi connectivity index (χ1n) is 10.1. The highest BCUT2D eigenvalue weighted by Gasteiger charge is 2.18. The number of carbonyl (C=O) groups excluding carboxylic acids is 1. The number of carbonyl (C=O) groups is 1. The van der Waals surface area contributed by atoms with Crippen molar-refractivity contribution in [2.24, 2.45) is 0 Å². The van der Waals surface area contributed by atoms with Gasteiger partial charge in [-0.2, -0.15) is 0 Å². The van der Waals surface area contributed by atoms with Crippen LogP contribution in [0.15, 0.2) is 95.5 Å². The second-order valence-corrected chi connectivity index (χ2v) is 8.24. The maximum absolute atomic E-state index is 13.1. The Balaban J connectivity index is 1.75. The number of amides is 1. The number of benzene rings is 4. The van der Waals surface area contributed by atoms with E-state index in [1.807, 2.05) is 84.9 Å². The Morgan fingerprint density at radius 3 is 2.19 bits per heavy atom. The van der Waals surface area contributed by atoms with Gasteiger partial charge >= 0.3 is 0 Å². The van der Waals surface area contributed by atoms with Crippen molar-refractivity contribution in [3.63, 3.8) is 0 Å². The summed E-state index contributed by atoms with van der Waals surface area (Å²) in [4.78, 5) is 13.1. The van der Waals surface area contributed by atoms with Crippen LogP contribution < -0.4 is 10.1 Å². The van der Waals surface area contributed by atoms with Gasteiger partial charge in [0.05, 0.1) is 12.7 Å². The SMILES string of the molecule is COc1ccc(-c2cc(C(=O)NCc3ccccc3)c(O)c(-c3ccc(Br)cc3)c2)cc1. The number of rotatable bonds is 6. The lowest BCUT2D eigenvalue weighted by molar-refractivity contribution is 0.0948. The van der Waals surface area contributed by atoms with Gasteiger partial charge in [0.25, 0.3) is 5.91 Å². The Morgan fingerprint density at radius 2 is 1.53 bits per heavy atom. The van der Waals surface area contributed by atoms with Crippen molar-refractivity contribution in [2.75, 3.05) is 7.11 Å². The first-order chi connectivity index (χ1) is 15.5. The minimum Gasteiger partial charge on any atom is -0.506 e. The van der Waals surface area contributed by atoms with E-state index in [4.69, 9.17) is 4.74 Å². The number of hydrogen-bond donors (Lipinski definition) is 2. The van der Waals surface area contributed by atoms with Gasteiger partial charge < -0.3 is 15.2 Å². The van der Waals surface area contributed by atoms with Gasteiger partial charge in [0.2, 0.25) is 0 Å². The van der Waals surface area contributed by atoms with Crippen LogP contribution >= 0.6 is 15.9 Å². The van der Waals surface area contributed by atoms with Crippen molar-refractivity contribution < 1.29 is 14.6 Å². The number of halogens is 1. The van der Waals surface area contributed by atoms with E-state index in [1.54, 1.807) is 13.2 Å². The third-order valence-corrected chi connectivity index (χ3v) is 5.76. The average molecular weight is 488 g/mol. The highest BCUT2D eigenvalue weighted by atomic mass is 79.9. The summed E-state index contributed by atoms with van der Waals surface area (Å²) in [5.74, 6) is 0.372. The standard InChI is InChI=1S/C27H22BrNO3/c1-32-23-13-9-19(10-14-23)21-15-24(20-7-11-22(28)12-8-20)26(30)25(16-21)27(31)29-17-18-5-3-2-4-6-18/h2-16,30H,17H2,1H3,(H,29,31). The van der Waals surface area contributed by atoms with E-state index < -0.39 is 0 Å². The number of phenolic OH excluding ortho intramolecular Hbond substituents is 1. The molecule has 0 fully saturated rings. The number of ether oxygens (including phenoxy) is 1. The predicted octanol–water partition coefficient (Wildman–Crippen LogP) is 6.43. The van der Waals surface area contributed by atoms with Gasteiger partial charge in [0.1, 0.15) is 11.5 Å². The molecule has 0 aliphatic rings. The molecule has 4 aromatic carbocycles. The fraction of sp³-hybridized carbons (Fsp3) is 0.0741. The molecule has 2 N–H and O–H groups in total. The topological polar surface area (TPSA) is 58.6 Å². The molecule has 0 saturated heterocycles. The molecule has 5 heteroatoms. The molecule has 0 aliphatic heterocycles. The molecule has 0 spiro atoms. The van der Waals surface area contributed by atoms with Gasteiger partial charge in [-0.05, 0) is 58.7 Å². The first kappa shape index (κ1) is 21.7. The fourth-order valence-electron chi connectivity index (χ4n) is 3.48. The Labute approximate surface area is 195 Å². The zero-order valence-corrected chi connectivity index (χ0v) is 19.1. The molecule has 160 valence electrons. The van der Waals surface area contributed by atoms with Gasteiger partial charge in [0.15, 0.2) is 0 Å². The second kappa shape index (κ2) is 9.71. The number of methoxy groups -OCH3 is 1. The Morgan fingerprint density at radius 1 is 0.875 bits per heavy atom. The smallest absolute Gasteiger partial charge is 0.255 e. The van der Waals surface area contributed by atoms with E-state index in [-0.39, 0.29) is 17.2 Å². The lowest BCUT2D eigenvalue weighted by Crippen LogP contribution is -2.23. The van der Waals surface area contributed by atoms with Gasteiger partial charge in [-0.3, -0.25) is 4.79 Å². The van der Waals surface area contributed by atoms with Crippen molar-refractivity contribution in [2.45, 2.75) is 6.54 Å². The van der Waals surface area contributed by atoms with Crippen LogP contribution in [0.2, 0.25) is 0 Å². The molecule has 4 aromatic rings. The van der Waals surface area contributed by atoms with E-state index in [9.17, 15) is 9.90 Å². The van der Waals surface area contributed by atoms with Crippen molar-refractivity contribution in [1.29, 1.82) is 0 Å². The number of hydrogen-bond acceptors (Lipinski definition) is 3. The Hall–Kier alpha value is -3.57. The van der Waals surface area contributed by atoms with Gasteiger partial charge in [0, 0.05) is 16.6 Å². The molecule has 0 atom stereocenters. The van der Waals surface area contributed by atoms with Crippen molar-refractivity contribution in [3.8, 4) is 33.8 Å². The number of aromatic hydroxyl groups is 1. The minimum absolute atomic E-state index is 0.0462. The fourth-order valence-corrected chi connectivity index (χ4v) is 3.74. The number of nitrogens with one attached hydrogen (secondary N) is 1. The van der Waals surface area contributed by atoms with Crippen LogP contribution in [0.4, 0.5) is 0 Å². The van der Waals surface area contributed by atoms with Crippen LogP contribution in [0.3, 0.4) is 0 Å². The summed E-state index contributed by atoms with van der Waals surface area (Å²) in [6, 6.07) is 28.5. The van der Waals surface area contributed by atoms with Crippen molar-refractivity contribution in [3.05, 3.63) is 107 Å². The molecule has 0 aromatic heterocycles. The number of phenols is 1. The highest BCUT2D eigenvalue weighted by Crippen LogP contribution is 2.37. The Kier molecular flexibility index (Phi) is 6.57. The predicted molar refractivity (Wildman–Crippen MR) is 131 cm³/mol. The largest absolute Gasteiger partial charge is 0.506 e. The maximum atomic E-state index is 13.1. The van der Waals surface area contributed by atoms with Crippen LogP contribution in [-0.4, -0.2) is 18.1 Å². The third-order valence-electron chi connectivity index (χ3n) is 5.23. The lowest BCUT2D eigenvalue weighted by Gasteiger charge is -2.14. The molecule has 4 rings (SSSR count). The van der Waals surface area contributed by atoms with Crippen molar-refractivity contribution in [1.82, 2.24) is 5.32 Å². The second-order valence-electron chi connectivity index (χ2n) is 7.32. The van der Waals surface area contributed by atoms with Crippen LogP contribution in [-0.2, 0) is 6.54 Å². The highest BCUT2D eigenvalue weighted by molar-refractivity contribution is 9.10. The molecule has 0 heterocycles. The molecule has 0 saturated carbocycles.